The maximum Gasteiger partial charge on any atom is 0.317 e. The third-order valence-electron chi connectivity index (χ3n) is 1.68. The zero-order valence-corrected chi connectivity index (χ0v) is 9.82. The molecule has 0 atom stereocenters. The molecule has 0 fully saturated rings. The minimum absolute atomic E-state index is 0.0689. The van der Waals surface area contributed by atoms with Crippen molar-refractivity contribution >= 4 is 29.2 Å². The van der Waals surface area contributed by atoms with Gasteiger partial charge < -0.3 is 4.74 Å². The molecule has 0 aliphatic carbocycles. The van der Waals surface area contributed by atoms with Crippen LogP contribution in [0.15, 0.2) is 12.1 Å². The van der Waals surface area contributed by atoms with Gasteiger partial charge in [0.05, 0.1) is 22.7 Å². The number of esters is 1. The van der Waals surface area contributed by atoms with E-state index >= 15 is 0 Å². The van der Waals surface area contributed by atoms with Gasteiger partial charge in [-0.2, -0.15) is 0 Å². The Hall–Kier alpha value is -1.24. The van der Waals surface area contributed by atoms with E-state index in [4.69, 9.17) is 23.2 Å². The molecule has 0 heterocycles. The van der Waals surface area contributed by atoms with Crippen LogP contribution < -0.4 is 0 Å². The summed E-state index contributed by atoms with van der Waals surface area (Å²) in [6, 6.07) is 2.21. The molecule has 0 aromatic heterocycles. The fourth-order valence-electron chi connectivity index (χ4n) is 0.939. The quantitative estimate of drug-likeness (QED) is 0.573. The SMILES string of the molecule is COC(=O)CC#Cc1c(Cl)cc(F)cc1Cl. The van der Waals surface area contributed by atoms with E-state index in [0.717, 1.165) is 12.1 Å². The number of benzene rings is 1. The maximum absolute atomic E-state index is 12.8. The van der Waals surface area contributed by atoms with Crippen molar-refractivity contribution in [2.24, 2.45) is 0 Å². The summed E-state index contributed by atoms with van der Waals surface area (Å²) in [6.07, 6.45) is -0.0689. The molecular formula is C11H7Cl2FO2. The average Bonchev–Trinajstić information content (AvgIpc) is 2.21. The Kier molecular flexibility index (Phi) is 4.60. The van der Waals surface area contributed by atoms with Crippen molar-refractivity contribution in [3.63, 3.8) is 0 Å². The molecule has 16 heavy (non-hydrogen) atoms. The van der Waals surface area contributed by atoms with Crippen LogP contribution in [0.5, 0.6) is 0 Å². The van der Waals surface area contributed by atoms with Gasteiger partial charge >= 0.3 is 5.97 Å². The highest BCUT2D eigenvalue weighted by molar-refractivity contribution is 6.36. The number of hydrogen-bond donors (Lipinski definition) is 0. The lowest BCUT2D eigenvalue weighted by molar-refractivity contribution is -0.139. The van der Waals surface area contributed by atoms with Gasteiger partial charge in [0.1, 0.15) is 12.2 Å². The number of methoxy groups -OCH3 is 1. The molecule has 0 saturated heterocycles. The van der Waals surface area contributed by atoms with Crippen LogP contribution >= 0.6 is 23.2 Å². The predicted octanol–water partition coefficient (Wildman–Crippen LogP) is 3.05. The first kappa shape index (κ1) is 12.8. The number of rotatable bonds is 1. The highest BCUT2D eigenvalue weighted by atomic mass is 35.5. The topological polar surface area (TPSA) is 26.3 Å². The molecule has 0 amide bonds. The number of hydrogen-bond acceptors (Lipinski definition) is 2. The number of halogens is 3. The van der Waals surface area contributed by atoms with Gasteiger partial charge in [0.25, 0.3) is 0 Å². The third kappa shape index (κ3) is 3.41. The van der Waals surface area contributed by atoms with E-state index in [9.17, 15) is 9.18 Å². The molecule has 84 valence electrons. The second kappa shape index (κ2) is 5.74. The monoisotopic (exact) mass is 260 g/mol. The number of carbonyl (C=O) groups is 1. The van der Waals surface area contributed by atoms with Crippen LogP contribution in [0.3, 0.4) is 0 Å². The van der Waals surface area contributed by atoms with Crippen LogP contribution in [-0.2, 0) is 9.53 Å². The molecule has 0 unspecified atom stereocenters. The lowest BCUT2D eigenvalue weighted by Crippen LogP contribution is -1.97. The van der Waals surface area contributed by atoms with Gasteiger partial charge in [0.2, 0.25) is 0 Å². The third-order valence-corrected chi connectivity index (χ3v) is 2.28. The normalized spacial score (nSPS) is 9.25. The molecule has 0 radical (unpaired) electrons. The van der Waals surface area contributed by atoms with Crippen LogP contribution in [-0.4, -0.2) is 13.1 Å². The summed E-state index contributed by atoms with van der Waals surface area (Å²) in [6.45, 7) is 0. The molecule has 5 heteroatoms. The molecule has 1 aromatic rings. The molecule has 0 saturated carbocycles. The Morgan fingerprint density at radius 2 is 2.00 bits per heavy atom. The minimum Gasteiger partial charge on any atom is -0.468 e. The second-order valence-corrected chi connectivity index (χ2v) is 3.61. The Morgan fingerprint density at radius 3 is 2.50 bits per heavy atom. The Morgan fingerprint density at radius 1 is 1.44 bits per heavy atom. The van der Waals surface area contributed by atoms with Gasteiger partial charge in [0, 0.05) is 0 Å². The van der Waals surface area contributed by atoms with E-state index in [1.807, 2.05) is 0 Å². The van der Waals surface area contributed by atoms with Crippen molar-refractivity contribution in [3.05, 3.63) is 33.6 Å². The van der Waals surface area contributed by atoms with Gasteiger partial charge in [-0.05, 0) is 12.1 Å². The van der Waals surface area contributed by atoms with Crippen molar-refractivity contribution in [2.45, 2.75) is 6.42 Å². The second-order valence-electron chi connectivity index (χ2n) is 2.80. The molecule has 0 aliphatic heterocycles. The molecule has 2 nitrogen and oxygen atoms in total. The number of carbonyl (C=O) groups excluding carboxylic acids is 1. The molecule has 0 N–H and O–H groups in total. The van der Waals surface area contributed by atoms with E-state index < -0.39 is 11.8 Å². The molecule has 1 rings (SSSR count). The average molecular weight is 261 g/mol. The molecule has 0 spiro atoms. The van der Waals surface area contributed by atoms with E-state index in [-0.39, 0.29) is 16.5 Å². The largest absolute Gasteiger partial charge is 0.468 e. The van der Waals surface area contributed by atoms with E-state index in [1.165, 1.54) is 7.11 Å². The van der Waals surface area contributed by atoms with Crippen molar-refractivity contribution in [2.75, 3.05) is 7.11 Å². The van der Waals surface area contributed by atoms with Crippen LogP contribution in [0.2, 0.25) is 10.0 Å². The van der Waals surface area contributed by atoms with Crippen LogP contribution in [0.1, 0.15) is 12.0 Å². The molecular weight excluding hydrogens is 254 g/mol. The first-order valence-corrected chi connectivity index (χ1v) is 5.00. The summed E-state index contributed by atoms with van der Waals surface area (Å²) >= 11 is 11.5. The fraction of sp³-hybridized carbons (Fsp3) is 0.182. The van der Waals surface area contributed by atoms with E-state index in [1.54, 1.807) is 0 Å². The number of ether oxygens (including phenoxy) is 1. The van der Waals surface area contributed by atoms with Crippen molar-refractivity contribution in [3.8, 4) is 11.8 Å². The van der Waals surface area contributed by atoms with Gasteiger partial charge in [-0.3, -0.25) is 4.79 Å². The Labute approximate surface area is 102 Å². The Bertz CT molecular complexity index is 452. The van der Waals surface area contributed by atoms with E-state index in [2.05, 4.69) is 16.6 Å². The molecule has 0 aliphatic rings. The van der Waals surface area contributed by atoms with Crippen LogP contribution in [0.25, 0.3) is 0 Å². The van der Waals surface area contributed by atoms with Crippen LogP contribution in [0.4, 0.5) is 4.39 Å². The van der Waals surface area contributed by atoms with Gasteiger partial charge in [-0.15, -0.1) is 0 Å². The standard InChI is InChI=1S/C11H7Cl2FO2/c1-16-11(15)4-2-3-8-9(12)5-7(14)6-10(8)13/h5-6H,4H2,1H3. The lowest BCUT2D eigenvalue weighted by atomic mass is 10.2. The summed E-state index contributed by atoms with van der Waals surface area (Å²) in [5.41, 5.74) is 0.300. The highest BCUT2D eigenvalue weighted by Gasteiger charge is 2.05. The van der Waals surface area contributed by atoms with Crippen molar-refractivity contribution in [1.82, 2.24) is 0 Å². The Balaban J connectivity index is 2.93. The van der Waals surface area contributed by atoms with Crippen molar-refractivity contribution in [1.29, 1.82) is 0 Å². The predicted molar refractivity (Wildman–Crippen MR) is 59.9 cm³/mol. The zero-order valence-electron chi connectivity index (χ0n) is 8.31. The van der Waals surface area contributed by atoms with Crippen molar-refractivity contribution < 1.29 is 13.9 Å². The first-order valence-electron chi connectivity index (χ1n) is 4.25. The summed E-state index contributed by atoms with van der Waals surface area (Å²) in [4.78, 5) is 10.8. The summed E-state index contributed by atoms with van der Waals surface area (Å²) in [5.74, 6) is 4.14. The zero-order chi connectivity index (χ0) is 12.1. The fourth-order valence-corrected chi connectivity index (χ4v) is 1.49. The summed E-state index contributed by atoms with van der Waals surface area (Å²) in [7, 11) is 1.27. The minimum atomic E-state index is -0.534. The van der Waals surface area contributed by atoms with Gasteiger partial charge in [0.15, 0.2) is 0 Å². The summed E-state index contributed by atoms with van der Waals surface area (Å²) < 4.78 is 17.2. The summed E-state index contributed by atoms with van der Waals surface area (Å²) in [5, 5.41) is 0.227. The highest BCUT2D eigenvalue weighted by Crippen LogP contribution is 2.24. The molecule has 1 aromatic carbocycles. The van der Waals surface area contributed by atoms with Gasteiger partial charge in [-0.25, -0.2) is 4.39 Å². The van der Waals surface area contributed by atoms with Gasteiger partial charge in [-0.1, -0.05) is 35.0 Å². The molecule has 0 bridgehead atoms. The smallest absolute Gasteiger partial charge is 0.317 e. The lowest BCUT2D eigenvalue weighted by Gasteiger charge is -1.99. The van der Waals surface area contributed by atoms with E-state index in [0.29, 0.717) is 5.56 Å². The maximum atomic E-state index is 12.8. The first-order chi connectivity index (χ1) is 7.54. The van der Waals surface area contributed by atoms with Crippen LogP contribution in [0, 0.1) is 17.7 Å².